The number of nitrogens with one attached hydrogen (secondary N) is 2. The van der Waals surface area contributed by atoms with Crippen LogP contribution in [0.1, 0.15) is 11.1 Å². The highest BCUT2D eigenvalue weighted by Gasteiger charge is 2.30. The summed E-state index contributed by atoms with van der Waals surface area (Å²) in [4.78, 5) is 16.9. The number of benzene rings is 3. The highest BCUT2D eigenvalue weighted by molar-refractivity contribution is 6.30. The second-order valence-corrected chi connectivity index (χ2v) is 7.23. The van der Waals surface area contributed by atoms with Gasteiger partial charge in [-0.1, -0.05) is 41.9 Å². The lowest BCUT2D eigenvalue weighted by atomic mass is 10.2. The largest absolute Gasteiger partial charge is 0.416 e. The number of halogens is 4. The Bertz CT molecular complexity index is 1240. The number of urea groups is 1. The molecule has 0 saturated carbocycles. The fourth-order valence-corrected chi connectivity index (χ4v) is 3.27. The molecule has 1 aromatic heterocycles. The molecule has 3 aromatic carbocycles. The number of alkyl halides is 3. The molecule has 0 bridgehead atoms. The number of rotatable bonds is 4. The molecule has 158 valence electrons. The molecule has 0 unspecified atom stereocenters. The van der Waals surface area contributed by atoms with Crippen LogP contribution < -0.4 is 10.6 Å². The molecule has 0 spiro atoms. The molecule has 4 rings (SSSR count). The first-order valence-electron chi connectivity index (χ1n) is 9.24. The predicted molar refractivity (Wildman–Crippen MR) is 114 cm³/mol. The van der Waals surface area contributed by atoms with Crippen molar-refractivity contribution in [3.05, 3.63) is 88.9 Å². The quantitative estimate of drug-likeness (QED) is 0.382. The first-order valence-corrected chi connectivity index (χ1v) is 9.62. The average molecular weight is 445 g/mol. The van der Waals surface area contributed by atoms with E-state index in [-0.39, 0.29) is 11.6 Å². The van der Waals surface area contributed by atoms with E-state index in [0.717, 1.165) is 23.2 Å². The summed E-state index contributed by atoms with van der Waals surface area (Å²) in [5, 5.41) is 5.67. The third-order valence-electron chi connectivity index (χ3n) is 4.58. The summed E-state index contributed by atoms with van der Waals surface area (Å²) in [6.07, 6.45) is -4.50. The Hall–Kier alpha value is -3.52. The second-order valence-electron chi connectivity index (χ2n) is 6.79. The van der Waals surface area contributed by atoms with Crippen molar-refractivity contribution in [2.75, 3.05) is 10.6 Å². The fraction of sp³-hybridized carbons (Fsp3) is 0.0909. The summed E-state index contributed by atoms with van der Waals surface area (Å²) in [6, 6.07) is 18.3. The van der Waals surface area contributed by atoms with Crippen LogP contribution in [0.3, 0.4) is 0 Å². The van der Waals surface area contributed by atoms with E-state index in [4.69, 9.17) is 11.6 Å². The number of para-hydroxylation sites is 2. The number of amides is 2. The van der Waals surface area contributed by atoms with Crippen molar-refractivity contribution < 1.29 is 18.0 Å². The lowest BCUT2D eigenvalue weighted by Crippen LogP contribution is -2.22. The number of anilines is 2. The molecule has 0 atom stereocenters. The van der Waals surface area contributed by atoms with E-state index in [2.05, 4.69) is 15.6 Å². The van der Waals surface area contributed by atoms with Gasteiger partial charge in [-0.2, -0.15) is 13.2 Å². The zero-order valence-corrected chi connectivity index (χ0v) is 16.7. The van der Waals surface area contributed by atoms with Crippen molar-refractivity contribution in [3.8, 4) is 0 Å². The third-order valence-corrected chi connectivity index (χ3v) is 4.83. The van der Waals surface area contributed by atoms with Gasteiger partial charge in [0.2, 0.25) is 5.95 Å². The van der Waals surface area contributed by atoms with Crippen LogP contribution in [0, 0.1) is 0 Å². The topological polar surface area (TPSA) is 59.0 Å². The summed E-state index contributed by atoms with van der Waals surface area (Å²) >= 11 is 5.95. The third kappa shape index (κ3) is 4.80. The van der Waals surface area contributed by atoms with Gasteiger partial charge in [0.05, 0.1) is 23.1 Å². The van der Waals surface area contributed by atoms with Gasteiger partial charge in [0, 0.05) is 10.7 Å². The molecule has 1 heterocycles. The normalized spacial score (nSPS) is 11.5. The molecule has 0 aliphatic rings. The highest BCUT2D eigenvalue weighted by atomic mass is 35.5. The monoisotopic (exact) mass is 444 g/mol. The van der Waals surface area contributed by atoms with Crippen LogP contribution >= 0.6 is 11.6 Å². The molecule has 0 aliphatic carbocycles. The molecule has 0 radical (unpaired) electrons. The number of nitrogens with zero attached hydrogens (tertiary/aromatic N) is 2. The molecular weight excluding hydrogens is 429 g/mol. The van der Waals surface area contributed by atoms with Gasteiger partial charge in [-0.05, 0) is 48.0 Å². The summed E-state index contributed by atoms with van der Waals surface area (Å²) in [5.41, 5.74) is 1.58. The van der Waals surface area contributed by atoms with Crippen LogP contribution in [0.25, 0.3) is 11.0 Å². The number of imidazole rings is 1. The first-order chi connectivity index (χ1) is 14.8. The van der Waals surface area contributed by atoms with Crippen molar-refractivity contribution in [1.29, 1.82) is 0 Å². The zero-order chi connectivity index (χ0) is 22.0. The van der Waals surface area contributed by atoms with Crippen LogP contribution in [0.2, 0.25) is 5.02 Å². The Morgan fingerprint density at radius 2 is 1.71 bits per heavy atom. The number of carbonyl (C=O) groups is 1. The maximum atomic E-state index is 12.9. The summed E-state index contributed by atoms with van der Waals surface area (Å²) in [7, 11) is 0. The van der Waals surface area contributed by atoms with Crippen molar-refractivity contribution in [3.63, 3.8) is 0 Å². The standard InChI is InChI=1S/C22H16ClF3N4O/c23-16-10-8-14(9-11-16)13-30-19-7-2-1-6-18(19)28-20(30)29-21(31)27-17-5-3-4-15(12-17)22(24,25)26/h1-12H,13H2,(H2,27,28,29,31). The molecule has 2 amide bonds. The smallest absolute Gasteiger partial charge is 0.308 e. The number of hydrogen-bond donors (Lipinski definition) is 2. The highest BCUT2D eigenvalue weighted by Crippen LogP contribution is 2.30. The molecule has 9 heteroatoms. The SMILES string of the molecule is O=C(Nc1cccc(C(F)(F)F)c1)Nc1nc2ccccc2n1Cc1ccc(Cl)cc1. The minimum Gasteiger partial charge on any atom is -0.308 e. The van der Waals surface area contributed by atoms with Crippen LogP contribution in [0.5, 0.6) is 0 Å². The lowest BCUT2D eigenvalue weighted by molar-refractivity contribution is -0.137. The van der Waals surface area contributed by atoms with E-state index in [1.54, 1.807) is 12.1 Å². The minimum atomic E-state index is -4.50. The molecule has 31 heavy (non-hydrogen) atoms. The molecule has 4 aromatic rings. The molecule has 2 N–H and O–H groups in total. The van der Waals surface area contributed by atoms with Gasteiger partial charge in [0.25, 0.3) is 0 Å². The Labute approximate surface area is 180 Å². The number of hydrogen-bond acceptors (Lipinski definition) is 2. The van der Waals surface area contributed by atoms with Gasteiger partial charge >= 0.3 is 12.2 Å². The Morgan fingerprint density at radius 1 is 0.968 bits per heavy atom. The van der Waals surface area contributed by atoms with Crippen LogP contribution in [0.15, 0.2) is 72.8 Å². The molecule has 0 aliphatic heterocycles. The maximum Gasteiger partial charge on any atom is 0.416 e. The van der Waals surface area contributed by atoms with Gasteiger partial charge in [-0.3, -0.25) is 5.32 Å². The van der Waals surface area contributed by atoms with E-state index >= 15 is 0 Å². The fourth-order valence-electron chi connectivity index (χ4n) is 3.14. The van der Waals surface area contributed by atoms with E-state index in [1.807, 2.05) is 41.0 Å². The Morgan fingerprint density at radius 3 is 2.45 bits per heavy atom. The summed E-state index contributed by atoms with van der Waals surface area (Å²) in [5.74, 6) is 0.264. The van der Waals surface area contributed by atoms with Crippen molar-refractivity contribution in [2.45, 2.75) is 12.7 Å². The molecule has 0 fully saturated rings. The zero-order valence-electron chi connectivity index (χ0n) is 15.9. The average Bonchev–Trinajstić information content (AvgIpc) is 3.06. The van der Waals surface area contributed by atoms with Crippen molar-refractivity contribution in [1.82, 2.24) is 9.55 Å². The van der Waals surface area contributed by atoms with Crippen LogP contribution in [-0.2, 0) is 12.7 Å². The van der Waals surface area contributed by atoms with Gasteiger partial charge in [-0.15, -0.1) is 0 Å². The predicted octanol–water partition coefficient (Wildman–Crippen LogP) is 6.40. The summed E-state index contributed by atoms with van der Waals surface area (Å²) < 4.78 is 40.5. The van der Waals surface area contributed by atoms with E-state index in [0.29, 0.717) is 17.1 Å². The number of fused-ring (bicyclic) bond motifs is 1. The van der Waals surface area contributed by atoms with E-state index in [1.165, 1.54) is 12.1 Å². The van der Waals surface area contributed by atoms with E-state index in [9.17, 15) is 18.0 Å². The van der Waals surface area contributed by atoms with Crippen LogP contribution in [-0.4, -0.2) is 15.6 Å². The first kappa shape index (κ1) is 20.7. The summed E-state index contributed by atoms with van der Waals surface area (Å²) in [6.45, 7) is 0.414. The number of aromatic nitrogens is 2. The van der Waals surface area contributed by atoms with Gasteiger partial charge in [0.1, 0.15) is 0 Å². The Balaban J connectivity index is 1.59. The molecular formula is C22H16ClF3N4O. The van der Waals surface area contributed by atoms with Crippen molar-refractivity contribution in [2.24, 2.45) is 0 Å². The van der Waals surface area contributed by atoms with Gasteiger partial charge in [-0.25, -0.2) is 9.78 Å². The number of carbonyl (C=O) groups excluding carboxylic acids is 1. The second kappa shape index (κ2) is 8.31. The van der Waals surface area contributed by atoms with Crippen LogP contribution in [0.4, 0.5) is 29.6 Å². The van der Waals surface area contributed by atoms with Gasteiger partial charge < -0.3 is 9.88 Å². The minimum absolute atomic E-state index is 0.0210. The molecule has 0 saturated heterocycles. The lowest BCUT2D eigenvalue weighted by Gasteiger charge is -2.12. The molecule has 5 nitrogen and oxygen atoms in total. The maximum absolute atomic E-state index is 12.9. The Kier molecular flexibility index (Phi) is 5.56. The van der Waals surface area contributed by atoms with Crippen molar-refractivity contribution >= 4 is 40.3 Å². The van der Waals surface area contributed by atoms with Gasteiger partial charge in [0.15, 0.2) is 0 Å². The van der Waals surface area contributed by atoms with E-state index < -0.39 is 17.8 Å².